The first-order valence-corrected chi connectivity index (χ1v) is 15.4. The van der Waals surface area contributed by atoms with E-state index in [1.807, 2.05) is 13.8 Å². The molecule has 0 saturated carbocycles. The van der Waals surface area contributed by atoms with Crippen molar-refractivity contribution in [2.24, 2.45) is 0 Å². The van der Waals surface area contributed by atoms with Crippen molar-refractivity contribution < 1.29 is 0 Å². The largest absolute Gasteiger partial charge is 0.0683 e. The average Bonchev–Trinajstić information content (AvgIpc) is 3.04. The minimum absolute atomic E-state index is 1.27. The highest BCUT2D eigenvalue weighted by Gasteiger charge is 2.08. The zero-order valence-electron chi connectivity index (χ0n) is 26.8. The molecule has 0 heterocycles. The van der Waals surface area contributed by atoms with E-state index in [1.54, 1.807) is 0 Å². The van der Waals surface area contributed by atoms with Gasteiger partial charge < -0.3 is 0 Å². The summed E-state index contributed by atoms with van der Waals surface area (Å²) in [4.78, 5) is 0. The molecule has 0 nitrogen and oxygen atoms in total. The Kier molecular flexibility index (Phi) is 10.9. The molecule has 6 aromatic carbocycles. The van der Waals surface area contributed by atoms with Crippen molar-refractivity contribution in [2.75, 3.05) is 0 Å². The summed E-state index contributed by atoms with van der Waals surface area (Å²) in [5.74, 6) is 0. The van der Waals surface area contributed by atoms with Crippen LogP contribution >= 0.6 is 0 Å². The smallest absolute Gasteiger partial charge is 0.0103 e. The highest BCUT2D eigenvalue weighted by Crippen LogP contribution is 2.34. The van der Waals surface area contributed by atoms with Gasteiger partial charge in [-0.25, -0.2) is 0 Å². The van der Waals surface area contributed by atoms with Crippen LogP contribution in [0.15, 0.2) is 140 Å². The summed E-state index contributed by atoms with van der Waals surface area (Å²) in [5, 5.41) is 0. The summed E-state index contributed by atoms with van der Waals surface area (Å²) in [6, 6.07) is 50.3. The summed E-state index contributed by atoms with van der Waals surface area (Å²) in [6.45, 7) is 14.6. The maximum absolute atomic E-state index is 2.28. The number of hydrogen-bond donors (Lipinski definition) is 0. The van der Waals surface area contributed by atoms with Gasteiger partial charge in [0.15, 0.2) is 0 Å². The van der Waals surface area contributed by atoms with Gasteiger partial charge in [-0.1, -0.05) is 181 Å². The summed E-state index contributed by atoms with van der Waals surface area (Å²) in [6.07, 6.45) is 0. The van der Waals surface area contributed by atoms with Crippen LogP contribution in [0.4, 0.5) is 0 Å². The molecule has 216 valence electrons. The highest BCUT2D eigenvalue weighted by molar-refractivity contribution is 5.84. The summed E-state index contributed by atoms with van der Waals surface area (Å²) in [7, 11) is 0. The van der Waals surface area contributed by atoms with Gasteiger partial charge >= 0.3 is 0 Å². The Morgan fingerprint density at radius 3 is 0.837 bits per heavy atom. The predicted octanol–water partition coefficient (Wildman–Crippen LogP) is 12.6. The van der Waals surface area contributed by atoms with Gasteiger partial charge in [0.1, 0.15) is 0 Å². The van der Waals surface area contributed by atoms with Crippen LogP contribution < -0.4 is 0 Å². The van der Waals surface area contributed by atoms with E-state index in [0.717, 1.165) is 0 Å². The van der Waals surface area contributed by atoms with Crippen molar-refractivity contribution in [2.45, 2.75) is 48.5 Å². The Labute approximate surface area is 259 Å². The molecule has 0 aromatic heterocycles. The van der Waals surface area contributed by atoms with Crippen LogP contribution in [0.5, 0.6) is 0 Å². The quantitative estimate of drug-likeness (QED) is 0.201. The molecule has 0 aliphatic rings. The fourth-order valence-electron chi connectivity index (χ4n) is 5.07. The van der Waals surface area contributed by atoms with E-state index >= 15 is 0 Å². The molecule has 0 saturated heterocycles. The topological polar surface area (TPSA) is 0 Å². The molecular formula is C43H44. The lowest BCUT2D eigenvalue weighted by Gasteiger charge is -2.12. The highest BCUT2D eigenvalue weighted by atomic mass is 14.1. The Morgan fingerprint density at radius 2 is 0.512 bits per heavy atom. The maximum atomic E-state index is 2.28. The second-order valence-electron chi connectivity index (χ2n) is 11.1. The van der Waals surface area contributed by atoms with Gasteiger partial charge in [0.25, 0.3) is 0 Å². The normalized spacial score (nSPS) is 10.2. The minimum atomic E-state index is 1.27. The van der Waals surface area contributed by atoms with Crippen LogP contribution in [0.1, 0.15) is 41.7 Å². The molecule has 0 fully saturated rings. The number of hydrogen-bond acceptors (Lipinski definition) is 0. The van der Waals surface area contributed by atoms with E-state index in [9.17, 15) is 0 Å². The first-order chi connectivity index (χ1) is 20.9. The maximum Gasteiger partial charge on any atom is -0.0103 e. The molecule has 0 N–H and O–H groups in total. The third-order valence-corrected chi connectivity index (χ3v) is 7.55. The van der Waals surface area contributed by atoms with Crippen LogP contribution in [0.25, 0.3) is 44.5 Å². The fourth-order valence-corrected chi connectivity index (χ4v) is 5.07. The van der Waals surface area contributed by atoms with Crippen molar-refractivity contribution in [3.63, 3.8) is 0 Å². The standard InChI is InChI=1S/C21H20.C20H18.C2H6/c1-15-4-9-18(10-5-15)20-13-8-17(3)14-21(20)19-11-6-16(2)7-12-19;1-15-7-11-17(12-8-15)19-5-3-4-6-20(19)18-13-9-16(2)10-14-18;1-2/h4-14H,1-3H3;3-14H,1-2H3;1-2H3. The molecule has 0 radical (unpaired) electrons. The van der Waals surface area contributed by atoms with Gasteiger partial charge in [0.2, 0.25) is 0 Å². The fraction of sp³-hybridized carbons (Fsp3) is 0.163. The van der Waals surface area contributed by atoms with E-state index in [0.29, 0.717) is 0 Å². The number of aryl methyl sites for hydroxylation is 5. The van der Waals surface area contributed by atoms with Gasteiger partial charge in [-0.2, -0.15) is 0 Å². The van der Waals surface area contributed by atoms with Crippen LogP contribution in [-0.2, 0) is 0 Å². The lowest BCUT2D eigenvalue weighted by molar-refractivity contribution is 1.43. The molecule has 6 aromatic rings. The van der Waals surface area contributed by atoms with Gasteiger partial charge in [0, 0.05) is 0 Å². The van der Waals surface area contributed by atoms with Gasteiger partial charge in [-0.15, -0.1) is 0 Å². The van der Waals surface area contributed by atoms with Crippen molar-refractivity contribution >= 4 is 0 Å². The lowest BCUT2D eigenvalue weighted by Crippen LogP contribution is -1.87. The minimum Gasteiger partial charge on any atom is -0.0683 e. The summed E-state index contributed by atoms with van der Waals surface area (Å²) >= 11 is 0. The van der Waals surface area contributed by atoms with Crippen molar-refractivity contribution in [1.82, 2.24) is 0 Å². The summed E-state index contributed by atoms with van der Waals surface area (Å²) < 4.78 is 0. The van der Waals surface area contributed by atoms with Gasteiger partial charge in [0.05, 0.1) is 0 Å². The molecule has 0 aliphatic heterocycles. The summed E-state index contributed by atoms with van der Waals surface area (Å²) in [5.41, 5.74) is 16.7. The van der Waals surface area contributed by atoms with Gasteiger partial charge in [-0.05, 0) is 79.1 Å². The van der Waals surface area contributed by atoms with Crippen molar-refractivity contribution in [1.29, 1.82) is 0 Å². The zero-order valence-corrected chi connectivity index (χ0v) is 26.8. The van der Waals surface area contributed by atoms with Crippen molar-refractivity contribution in [3.8, 4) is 44.5 Å². The van der Waals surface area contributed by atoms with Crippen LogP contribution in [0.2, 0.25) is 0 Å². The van der Waals surface area contributed by atoms with Crippen LogP contribution in [-0.4, -0.2) is 0 Å². The lowest BCUT2D eigenvalue weighted by atomic mass is 9.92. The Balaban J connectivity index is 0.000000186. The SMILES string of the molecule is CC.Cc1ccc(-c2ccc(C)cc2-c2ccc(C)cc2)cc1.Cc1ccc(-c2ccccc2-c2ccc(C)cc2)cc1. The molecule has 0 bridgehead atoms. The van der Waals surface area contributed by atoms with E-state index in [-0.39, 0.29) is 0 Å². The molecule has 0 unspecified atom stereocenters. The van der Waals surface area contributed by atoms with Gasteiger partial charge in [-0.3, -0.25) is 0 Å². The van der Waals surface area contributed by atoms with Crippen molar-refractivity contribution in [3.05, 3.63) is 167 Å². The van der Waals surface area contributed by atoms with Crippen LogP contribution in [0.3, 0.4) is 0 Å². The predicted molar refractivity (Wildman–Crippen MR) is 190 cm³/mol. The second-order valence-corrected chi connectivity index (χ2v) is 11.1. The molecule has 0 heteroatoms. The van der Waals surface area contributed by atoms with E-state index in [4.69, 9.17) is 0 Å². The third-order valence-electron chi connectivity index (χ3n) is 7.55. The molecule has 6 rings (SSSR count). The Hall–Kier alpha value is -4.68. The first-order valence-electron chi connectivity index (χ1n) is 15.4. The van der Waals surface area contributed by atoms with E-state index in [1.165, 1.54) is 72.3 Å². The van der Waals surface area contributed by atoms with Crippen LogP contribution in [0, 0.1) is 34.6 Å². The molecule has 0 amide bonds. The monoisotopic (exact) mass is 560 g/mol. The molecule has 43 heavy (non-hydrogen) atoms. The zero-order chi connectivity index (χ0) is 30.8. The Bertz CT molecular complexity index is 1650. The number of benzene rings is 6. The van der Waals surface area contributed by atoms with E-state index in [2.05, 4.69) is 174 Å². The molecule has 0 spiro atoms. The first kappa shape index (κ1) is 31.3. The molecular weight excluding hydrogens is 516 g/mol. The average molecular weight is 561 g/mol. The number of rotatable bonds is 4. The Morgan fingerprint density at radius 1 is 0.256 bits per heavy atom. The molecule has 0 atom stereocenters. The molecule has 0 aliphatic carbocycles. The van der Waals surface area contributed by atoms with E-state index < -0.39 is 0 Å². The third kappa shape index (κ3) is 8.21. The second kappa shape index (κ2) is 15.0.